The molecule has 3 aromatic carbocycles. The fraction of sp³-hybridized carbons (Fsp3) is 0.200. The predicted octanol–water partition coefficient (Wildman–Crippen LogP) is 4.62. The van der Waals surface area contributed by atoms with Gasteiger partial charge in [-0.1, -0.05) is 54.6 Å². The Bertz CT molecular complexity index is 1500. The fourth-order valence-corrected chi connectivity index (χ4v) is 5.56. The molecule has 3 heterocycles. The molecule has 0 bridgehead atoms. The minimum absolute atomic E-state index is 0.00685. The van der Waals surface area contributed by atoms with Crippen LogP contribution in [-0.4, -0.2) is 58.8 Å². The first-order chi connectivity index (χ1) is 19.1. The van der Waals surface area contributed by atoms with Crippen LogP contribution in [0.25, 0.3) is 11.1 Å². The lowest BCUT2D eigenvalue weighted by Gasteiger charge is -2.27. The number of nitrogens with zero attached hydrogens (tertiary/aromatic N) is 3. The maximum absolute atomic E-state index is 13.7. The first-order valence-electron chi connectivity index (χ1n) is 12.7. The molecule has 1 N–H and O–H groups in total. The second kappa shape index (κ2) is 10.8. The van der Waals surface area contributed by atoms with Crippen molar-refractivity contribution in [1.82, 2.24) is 14.8 Å². The summed E-state index contributed by atoms with van der Waals surface area (Å²) in [6.07, 6.45) is 1.63. The van der Waals surface area contributed by atoms with E-state index < -0.39 is 6.04 Å². The Kier molecular flexibility index (Phi) is 6.91. The van der Waals surface area contributed by atoms with Crippen molar-refractivity contribution < 1.29 is 19.1 Å². The van der Waals surface area contributed by atoms with Crippen molar-refractivity contribution >= 4 is 34.2 Å². The van der Waals surface area contributed by atoms with E-state index >= 15 is 0 Å². The number of anilines is 1. The third-order valence-corrected chi connectivity index (χ3v) is 7.73. The number of benzene rings is 3. The molecule has 6 rings (SSSR count). The molecule has 0 unspecified atom stereocenters. The lowest BCUT2D eigenvalue weighted by molar-refractivity contribution is -0.120. The summed E-state index contributed by atoms with van der Waals surface area (Å²) >= 11 is 1.33. The summed E-state index contributed by atoms with van der Waals surface area (Å²) in [5, 5.41) is 5.13. The molecule has 1 fully saturated rings. The summed E-state index contributed by atoms with van der Waals surface area (Å²) in [6.45, 7) is 2.63. The first-order valence-corrected chi connectivity index (χ1v) is 13.6. The first kappa shape index (κ1) is 25.0. The van der Waals surface area contributed by atoms with Crippen LogP contribution < -0.4 is 5.32 Å². The number of aromatic nitrogens is 1. The summed E-state index contributed by atoms with van der Waals surface area (Å²) in [5.41, 5.74) is 4.57. The number of nitrogens with one attached hydrogen (secondary N) is 1. The lowest BCUT2D eigenvalue weighted by Crippen LogP contribution is -2.40. The van der Waals surface area contributed by atoms with Gasteiger partial charge in [0.1, 0.15) is 6.04 Å². The average molecular weight is 539 g/mol. The number of morpholine rings is 1. The SMILES string of the molecule is O=C(Nc1nccs1)[C@@H](c1ccccc1)N1Cc2ccc(-c3ccc(C(=O)N4CCOCC4)cc3)cc2C1=O. The van der Waals surface area contributed by atoms with Crippen molar-refractivity contribution in [3.8, 4) is 11.1 Å². The number of carbonyl (C=O) groups excluding carboxylic acids is 3. The highest BCUT2D eigenvalue weighted by Gasteiger charge is 2.37. The van der Waals surface area contributed by atoms with Gasteiger partial charge < -0.3 is 14.5 Å². The Labute approximate surface area is 229 Å². The Morgan fingerprint density at radius 3 is 2.41 bits per heavy atom. The van der Waals surface area contributed by atoms with Crippen LogP contribution in [-0.2, 0) is 16.1 Å². The molecular formula is C30H26N4O4S. The number of ether oxygens (including phenoxy) is 1. The van der Waals surface area contributed by atoms with Crippen LogP contribution in [0, 0.1) is 0 Å². The highest BCUT2D eigenvalue weighted by molar-refractivity contribution is 7.13. The molecule has 2 aliphatic heterocycles. The standard InChI is InChI=1S/C30H26N4O4S/c35-27(32-30-31-12-17-39-30)26(21-4-2-1-3-5-21)34-19-24-11-10-23(18-25(24)29(34)37)20-6-8-22(9-7-20)28(36)33-13-15-38-16-14-33/h1-12,17-18,26H,13-16,19H2,(H,31,32,35)/t26-/m1/s1. The van der Waals surface area contributed by atoms with Crippen molar-refractivity contribution in [2.24, 2.45) is 0 Å². The number of hydrogen-bond donors (Lipinski definition) is 1. The van der Waals surface area contributed by atoms with E-state index in [9.17, 15) is 14.4 Å². The molecule has 4 aromatic rings. The van der Waals surface area contributed by atoms with Gasteiger partial charge in [0.15, 0.2) is 5.13 Å². The van der Waals surface area contributed by atoms with E-state index in [2.05, 4.69) is 10.3 Å². The van der Waals surface area contributed by atoms with Gasteiger partial charge in [-0.2, -0.15) is 0 Å². The monoisotopic (exact) mass is 538 g/mol. The van der Waals surface area contributed by atoms with Crippen molar-refractivity contribution in [3.63, 3.8) is 0 Å². The fourth-order valence-electron chi connectivity index (χ4n) is 5.03. The zero-order valence-electron chi connectivity index (χ0n) is 21.1. The molecule has 9 heteroatoms. The summed E-state index contributed by atoms with van der Waals surface area (Å²) in [7, 11) is 0. The maximum Gasteiger partial charge on any atom is 0.255 e. The molecular weight excluding hydrogens is 512 g/mol. The van der Waals surface area contributed by atoms with E-state index in [0.717, 1.165) is 22.3 Å². The molecule has 3 amide bonds. The summed E-state index contributed by atoms with van der Waals surface area (Å²) in [5.74, 6) is -0.514. The number of rotatable bonds is 6. The van der Waals surface area contributed by atoms with E-state index in [0.29, 0.717) is 49.1 Å². The Hall–Kier alpha value is -4.34. The van der Waals surface area contributed by atoms with Crippen molar-refractivity contribution in [1.29, 1.82) is 0 Å². The minimum Gasteiger partial charge on any atom is -0.378 e. The molecule has 1 saturated heterocycles. The Morgan fingerprint density at radius 2 is 1.69 bits per heavy atom. The normalized spacial score (nSPS) is 15.6. The van der Waals surface area contributed by atoms with Gasteiger partial charge >= 0.3 is 0 Å². The van der Waals surface area contributed by atoms with E-state index in [1.807, 2.05) is 72.8 Å². The molecule has 0 radical (unpaired) electrons. The second-order valence-electron chi connectivity index (χ2n) is 9.43. The molecule has 8 nitrogen and oxygen atoms in total. The number of thiazole rings is 1. The summed E-state index contributed by atoms with van der Waals surface area (Å²) in [4.78, 5) is 47.5. The third-order valence-electron chi connectivity index (χ3n) is 7.04. The van der Waals surface area contributed by atoms with Crippen molar-refractivity contribution in [3.05, 3.63) is 107 Å². The smallest absolute Gasteiger partial charge is 0.255 e. The van der Waals surface area contributed by atoms with Crippen LogP contribution in [0.4, 0.5) is 5.13 Å². The highest BCUT2D eigenvalue weighted by Crippen LogP contribution is 2.35. The lowest BCUT2D eigenvalue weighted by atomic mass is 9.99. The van der Waals surface area contributed by atoms with Gasteiger partial charge in [-0.25, -0.2) is 4.98 Å². The van der Waals surface area contributed by atoms with E-state index in [1.54, 1.807) is 21.4 Å². The van der Waals surface area contributed by atoms with Crippen LogP contribution in [0.15, 0.2) is 84.4 Å². The quantitative estimate of drug-likeness (QED) is 0.387. The van der Waals surface area contributed by atoms with Crippen LogP contribution in [0.2, 0.25) is 0 Å². The molecule has 0 aliphatic carbocycles. The molecule has 1 atom stereocenters. The van der Waals surface area contributed by atoms with Gasteiger partial charge in [-0.05, 0) is 40.5 Å². The van der Waals surface area contributed by atoms with Crippen LogP contribution in [0.5, 0.6) is 0 Å². The van der Waals surface area contributed by atoms with Crippen LogP contribution >= 0.6 is 11.3 Å². The van der Waals surface area contributed by atoms with E-state index in [1.165, 1.54) is 11.3 Å². The molecule has 0 saturated carbocycles. The summed E-state index contributed by atoms with van der Waals surface area (Å²) < 4.78 is 5.34. The van der Waals surface area contributed by atoms with Crippen LogP contribution in [0.1, 0.15) is 37.9 Å². The van der Waals surface area contributed by atoms with E-state index in [-0.39, 0.29) is 17.7 Å². The largest absolute Gasteiger partial charge is 0.378 e. The predicted molar refractivity (Wildman–Crippen MR) is 148 cm³/mol. The number of amides is 3. The van der Waals surface area contributed by atoms with Gasteiger partial charge in [0.05, 0.1) is 13.2 Å². The number of hydrogen-bond acceptors (Lipinski definition) is 6. The Balaban J connectivity index is 1.24. The number of carbonyl (C=O) groups is 3. The number of fused-ring (bicyclic) bond motifs is 1. The zero-order chi connectivity index (χ0) is 26.8. The molecule has 1 aromatic heterocycles. The van der Waals surface area contributed by atoms with Crippen molar-refractivity contribution in [2.75, 3.05) is 31.6 Å². The average Bonchev–Trinajstić information content (AvgIpc) is 3.61. The topological polar surface area (TPSA) is 91.8 Å². The van der Waals surface area contributed by atoms with Gasteiger partial charge in [0, 0.05) is 42.3 Å². The second-order valence-corrected chi connectivity index (χ2v) is 10.3. The zero-order valence-corrected chi connectivity index (χ0v) is 21.9. The molecule has 39 heavy (non-hydrogen) atoms. The maximum atomic E-state index is 13.7. The summed E-state index contributed by atoms with van der Waals surface area (Å²) in [6, 6.07) is 21.7. The molecule has 0 spiro atoms. The van der Waals surface area contributed by atoms with E-state index in [4.69, 9.17) is 4.74 Å². The molecule has 2 aliphatic rings. The van der Waals surface area contributed by atoms with Gasteiger partial charge in [-0.3, -0.25) is 19.7 Å². The Morgan fingerprint density at radius 1 is 0.949 bits per heavy atom. The van der Waals surface area contributed by atoms with Crippen LogP contribution in [0.3, 0.4) is 0 Å². The van der Waals surface area contributed by atoms with Crippen molar-refractivity contribution in [2.45, 2.75) is 12.6 Å². The van der Waals surface area contributed by atoms with Gasteiger partial charge in [0.2, 0.25) is 0 Å². The molecule has 196 valence electrons. The van der Waals surface area contributed by atoms with Gasteiger partial charge in [-0.15, -0.1) is 11.3 Å². The highest BCUT2D eigenvalue weighted by atomic mass is 32.1. The minimum atomic E-state index is -0.802. The third kappa shape index (κ3) is 5.06. The van der Waals surface area contributed by atoms with Gasteiger partial charge in [0.25, 0.3) is 17.7 Å².